The van der Waals surface area contributed by atoms with Gasteiger partial charge in [0.1, 0.15) is 5.75 Å². The lowest BCUT2D eigenvalue weighted by Gasteiger charge is -2.12. The quantitative estimate of drug-likeness (QED) is 0.736. The molecule has 3 heteroatoms. The molecule has 13 heavy (non-hydrogen) atoms. The van der Waals surface area contributed by atoms with Gasteiger partial charge in [0, 0.05) is 5.56 Å². The first-order valence-corrected chi connectivity index (χ1v) is 4.24. The molecule has 0 radical (unpaired) electrons. The van der Waals surface area contributed by atoms with Gasteiger partial charge in [0.2, 0.25) is 5.91 Å². The van der Waals surface area contributed by atoms with Crippen molar-refractivity contribution in [3.63, 3.8) is 0 Å². The smallest absolute Gasteiger partial charge is 0.225 e. The van der Waals surface area contributed by atoms with E-state index in [0.29, 0.717) is 12.0 Å². The van der Waals surface area contributed by atoms with Crippen molar-refractivity contribution in [2.75, 3.05) is 0 Å². The fourth-order valence-electron chi connectivity index (χ4n) is 1.36. The predicted octanol–water partition coefficient (Wildman–Crippen LogP) is 1.37. The van der Waals surface area contributed by atoms with E-state index in [9.17, 15) is 9.90 Å². The molecule has 0 heterocycles. The number of phenols is 1. The first kappa shape index (κ1) is 9.58. The van der Waals surface area contributed by atoms with Gasteiger partial charge in [-0.15, -0.1) is 0 Å². The molecule has 1 atom stereocenters. The molecule has 1 amide bonds. The van der Waals surface area contributed by atoms with Gasteiger partial charge in [-0.25, -0.2) is 0 Å². The first-order chi connectivity index (χ1) is 6.16. The van der Waals surface area contributed by atoms with E-state index < -0.39 is 5.91 Å². The maximum atomic E-state index is 11.0. The van der Waals surface area contributed by atoms with Gasteiger partial charge in [0.15, 0.2) is 0 Å². The first-order valence-electron chi connectivity index (χ1n) is 4.24. The summed E-state index contributed by atoms with van der Waals surface area (Å²) in [5.74, 6) is -0.654. The summed E-state index contributed by atoms with van der Waals surface area (Å²) in [5.41, 5.74) is 5.81. The Bertz CT molecular complexity index is 310. The summed E-state index contributed by atoms with van der Waals surface area (Å²) in [5, 5.41) is 9.45. The predicted molar refractivity (Wildman–Crippen MR) is 50.3 cm³/mol. The number of aromatic hydroxyl groups is 1. The number of benzene rings is 1. The van der Waals surface area contributed by atoms with E-state index in [1.165, 1.54) is 0 Å². The summed E-state index contributed by atoms with van der Waals surface area (Å²) >= 11 is 0. The number of amides is 1. The molecule has 3 N–H and O–H groups in total. The second-order valence-electron chi connectivity index (χ2n) is 2.92. The lowest BCUT2D eigenvalue weighted by atomic mass is 9.95. The molecule has 0 aromatic heterocycles. The maximum Gasteiger partial charge on any atom is 0.225 e. The van der Waals surface area contributed by atoms with Crippen molar-refractivity contribution in [1.29, 1.82) is 0 Å². The summed E-state index contributed by atoms with van der Waals surface area (Å²) in [6.45, 7) is 1.86. The van der Waals surface area contributed by atoms with Crippen molar-refractivity contribution in [2.24, 2.45) is 5.73 Å². The molecule has 1 rings (SSSR count). The third kappa shape index (κ3) is 1.99. The van der Waals surface area contributed by atoms with E-state index in [0.717, 1.165) is 0 Å². The molecular weight excluding hydrogens is 166 g/mol. The normalized spacial score (nSPS) is 12.4. The van der Waals surface area contributed by atoms with Gasteiger partial charge in [0.25, 0.3) is 0 Å². The summed E-state index contributed by atoms with van der Waals surface area (Å²) in [4.78, 5) is 11.0. The lowest BCUT2D eigenvalue weighted by molar-refractivity contribution is -0.119. The number of rotatable bonds is 3. The van der Waals surface area contributed by atoms with Crippen LogP contribution in [0.1, 0.15) is 24.8 Å². The SMILES string of the molecule is CCC(C(N)=O)c1ccccc1O. The molecule has 1 aromatic rings. The fourth-order valence-corrected chi connectivity index (χ4v) is 1.36. The van der Waals surface area contributed by atoms with Crippen molar-refractivity contribution >= 4 is 5.91 Å². The minimum Gasteiger partial charge on any atom is -0.508 e. The van der Waals surface area contributed by atoms with E-state index in [2.05, 4.69) is 0 Å². The molecule has 0 fully saturated rings. The minimum absolute atomic E-state index is 0.133. The molecule has 0 bridgehead atoms. The highest BCUT2D eigenvalue weighted by Gasteiger charge is 2.17. The van der Waals surface area contributed by atoms with Crippen LogP contribution in [0.4, 0.5) is 0 Å². The number of para-hydroxylation sites is 1. The Labute approximate surface area is 77.2 Å². The van der Waals surface area contributed by atoms with Gasteiger partial charge >= 0.3 is 0 Å². The highest BCUT2D eigenvalue weighted by molar-refractivity contribution is 5.82. The average molecular weight is 179 g/mol. The Kier molecular flexibility index (Phi) is 2.90. The highest BCUT2D eigenvalue weighted by Crippen LogP contribution is 2.27. The number of hydrogen-bond acceptors (Lipinski definition) is 2. The van der Waals surface area contributed by atoms with Crippen molar-refractivity contribution in [2.45, 2.75) is 19.3 Å². The number of primary amides is 1. The molecule has 0 aliphatic rings. The summed E-state index contributed by atoms with van der Waals surface area (Å²) in [7, 11) is 0. The molecule has 70 valence electrons. The fraction of sp³-hybridized carbons (Fsp3) is 0.300. The molecular formula is C10H13NO2. The summed E-state index contributed by atoms with van der Waals surface area (Å²) in [6, 6.07) is 6.77. The van der Waals surface area contributed by atoms with Crippen LogP contribution >= 0.6 is 0 Å². The minimum atomic E-state index is -0.399. The van der Waals surface area contributed by atoms with Crippen LogP contribution in [0.15, 0.2) is 24.3 Å². The molecule has 3 nitrogen and oxygen atoms in total. The van der Waals surface area contributed by atoms with Gasteiger partial charge < -0.3 is 10.8 Å². The van der Waals surface area contributed by atoms with Crippen molar-refractivity contribution < 1.29 is 9.90 Å². The van der Waals surface area contributed by atoms with Crippen LogP contribution < -0.4 is 5.73 Å². The molecule has 1 aromatic carbocycles. The van der Waals surface area contributed by atoms with E-state index >= 15 is 0 Å². The average Bonchev–Trinajstić information content (AvgIpc) is 2.09. The Hall–Kier alpha value is -1.51. The Morgan fingerprint density at radius 2 is 2.15 bits per heavy atom. The van der Waals surface area contributed by atoms with E-state index in [-0.39, 0.29) is 11.7 Å². The topological polar surface area (TPSA) is 63.3 Å². The van der Waals surface area contributed by atoms with Crippen LogP contribution in [-0.4, -0.2) is 11.0 Å². The van der Waals surface area contributed by atoms with Crippen LogP contribution in [0, 0.1) is 0 Å². The molecule has 0 aliphatic carbocycles. The zero-order chi connectivity index (χ0) is 9.84. The zero-order valence-corrected chi connectivity index (χ0v) is 7.53. The lowest BCUT2D eigenvalue weighted by Crippen LogP contribution is -2.20. The Balaban J connectivity index is 3.04. The van der Waals surface area contributed by atoms with Crippen LogP contribution in [0.3, 0.4) is 0 Å². The maximum absolute atomic E-state index is 11.0. The Morgan fingerprint density at radius 3 is 2.62 bits per heavy atom. The second-order valence-corrected chi connectivity index (χ2v) is 2.92. The largest absolute Gasteiger partial charge is 0.508 e. The van der Waals surface area contributed by atoms with Crippen LogP contribution in [0.25, 0.3) is 0 Å². The molecule has 0 aliphatic heterocycles. The molecule has 1 unspecified atom stereocenters. The molecule has 0 spiro atoms. The molecule has 0 saturated carbocycles. The van der Waals surface area contributed by atoms with Gasteiger partial charge in [-0.3, -0.25) is 4.79 Å². The van der Waals surface area contributed by atoms with Gasteiger partial charge in [0.05, 0.1) is 5.92 Å². The van der Waals surface area contributed by atoms with E-state index in [1.807, 2.05) is 6.92 Å². The van der Waals surface area contributed by atoms with Crippen LogP contribution in [0.2, 0.25) is 0 Å². The number of hydrogen-bond donors (Lipinski definition) is 2. The molecule has 0 saturated heterocycles. The number of nitrogens with two attached hydrogens (primary N) is 1. The summed E-state index contributed by atoms with van der Waals surface area (Å²) < 4.78 is 0. The number of carbonyl (C=O) groups excluding carboxylic acids is 1. The number of carbonyl (C=O) groups is 1. The third-order valence-electron chi connectivity index (χ3n) is 2.06. The number of phenolic OH excluding ortho intramolecular Hbond substituents is 1. The second kappa shape index (κ2) is 3.94. The van der Waals surface area contributed by atoms with Gasteiger partial charge in [-0.1, -0.05) is 25.1 Å². The van der Waals surface area contributed by atoms with Crippen molar-refractivity contribution in [3.8, 4) is 5.75 Å². The third-order valence-corrected chi connectivity index (χ3v) is 2.06. The van der Waals surface area contributed by atoms with Gasteiger partial charge in [-0.05, 0) is 12.5 Å². The highest BCUT2D eigenvalue weighted by atomic mass is 16.3. The standard InChI is InChI=1S/C10H13NO2/c1-2-7(10(11)13)8-5-3-4-6-9(8)12/h3-7,12H,2H2,1H3,(H2,11,13). The van der Waals surface area contributed by atoms with Gasteiger partial charge in [-0.2, -0.15) is 0 Å². The van der Waals surface area contributed by atoms with Crippen molar-refractivity contribution in [1.82, 2.24) is 0 Å². The van der Waals surface area contributed by atoms with E-state index in [1.54, 1.807) is 24.3 Å². The van der Waals surface area contributed by atoms with Crippen LogP contribution in [0.5, 0.6) is 5.75 Å². The van der Waals surface area contributed by atoms with Crippen LogP contribution in [-0.2, 0) is 4.79 Å². The summed E-state index contributed by atoms with van der Waals surface area (Å²) in [6.07, 6.45) is 0.604. The van der Waals surface area contributed by atoms with E-state index in [4.69, 9.17) is 5.73 Å². The Morgan fingerprint density at radius 1 is 1.54 bits per heavy atom. The monoisotopic (exact) mass is 179 g/mol. The zero-order valence-electron chi connectivity index (χ0n) is 7.53. The van der Waals surface area contributed by atoms with Crippen molar-refractivity contribution in [3.05, 3.63) is 29.8 Å².